The summed E-state index contributed by atoms with van der Waals surface area (Å²) < 4.78 is 5.31. The molecule has 68 valence electrons. The van der Waals surface area contributed by atoms with Crippen molar-refractivity contribution in [1.82, 2.24) is 4.98 Å². The summed E-state index contributed by atoms with van der Waals surface area (Å²) >= 11 is 0. The third-order valence-electron chi connectivity index (χ3n) is 2.84. The van der Waals surface area contributed by atoms with Gasteiger partial charge in [0.2, 0.25) is 0 Å². The quantitative estimate of drug-likeness (QED) is 0.642. The van der Waals surface area contributed by atoms with E-state index in [0.717, 1.165) is 5.89 Å². The number of hydrogen-bond donors (Lipinski definition) is 0. The fourth-order valence-electron chi connectivity index (χ4n) is 0.853. The highest BCUT2D eigenvalue weighted by Gasteiger charge is 2.37. The van der Waals surface area contributed by atoms with Gasteiger partial charge in [0.25, 0.3) is 0 Å². The molecule has 0 aromatic carbocycles. The minimum Gasteiger partial charge on any atom is -0.448 e. The van der Waals surface area contributed by atoms with Gasteiger partial charge in [-0.2, -0.15) is 0 Å². The lowest BCUT2D eigenvalue weighted by Gasteiger charge is -2.35. The lowest BCUT2D eigenvalue weighted by atomic mass is 9.69. The summed E-state index contributed by atoms with van der Waals surface area (Å²) in [7, 11) is 0. The molecule has 0 amide bonds. The molecule has 0 unspecified atom stereocenters. The van der Waals surface area contributed by atoms with E-state index in [2.05, 4.69) is 39.6 Å². The van der Waals surface area contributed by atoms with Crippen LogP contribution in [0.4, 0.5) is 0 Å². The van der Waals surface area contributed by atoms with Gasteiger partial charge >= 0.3 is 0 Å². The van der Waals surface area contributed by atoms with Crippen LogP contribution in [0.1, 0.15) is 40.5 Å². The standard InChI is InChI=1S/C10H17NO/c1-9(2,3)10(4,5)8-11-6-7-12-8/h6-7H,1-5H3. The van der Waals surface area contributed by atoms with Crippen LogP contribution < -0.4 is 0 Å². The van der Waals surface area contributed by atoms with E-state index in [0.29, 0.717) is 0 Å². The maximum absolute atomic E-state index is 5.31. The van der Waals surface area contributed by atoms with Crippen LogP contribution in [0.25, 0.3) is 0 Å². The van der Waals surface area contributed by atoms with E-state index < -0.39 is 0 Å². The largest absolute Gasteiger partial charge is 0.448 e. The first-order valence-electron chi connectivity index (χ1n) is 4.25. The van der Waals surface area contributed by atoms with E-state index in [-0.39, 0.29) is 10.8 Å². The molecule has 0 aliphatic heterocycles. The molecule has 2 nitrogen and oxygen atoms in total. The van der Waals surface area contributed by atoms with E-state index in [4.69, 9.17) is 4.42 Å². The van der Waals surface area contributed by atoms with Gasteiger partial charge in [0.1, 0.15) is 6.26 Å². The van der Waals surface area contributed by atoms with E-state index >= 15 is 0 Å². The normalized spacial score (nSPS) is 13.4. The molecule has 0 aliphatic carbocycles. The Labute approximate surface area is 74.0 Å². The summed E-state index contributed by atoms with van der Waals surface area (Å²) in [6.45, 7) is 10.9. The zero-order chi connectivity index (χ0) is 9.41. The first-order chi connectivity index (χ1) is 5.36. The molecule has 0 aliphatic rings. The van der Waals surface area contributed by atoms with Crippen molar-refractivity contribution < 1.29 is 4.42 Å². The maximum atomic E-state index is 5.31. The van der Waals surface area contributed by atoms with Crippen molar-refractivity contribution in [2.75, 3.05) is 0 Å². The fourth-order valence-corrected chi connectivity index (χ4v) is 0.853. The number of aromatic nitrogens is 1. The highest BCUT2D eigenvalue weighted by atomic mass is 16.3. The van der Waals surface area contributed by atoms with Crippen LogP contribution in [0.15, 0.2) is 16.9 Å². The van der Waals surface area contributed by atoms with Crippen molar-refractivity contribution in [2.45, 2.75) is 40.0 Å². The number of hydrogen-bond acceptors (Lipinski definition) is 2. The summed E-state index contributed by atoms with van der Waals surface area (Å²) in [5.41, 5.74) is 0.147. The predicted octanol–water partition coefficient (Wildman–Crippen LogP) is 3.00. The zero-order valence-corrected chi connectivity index (χ0v) is 8.51. The maximum Gasteiger partial charge on any atom is 0.200 e. The van der Waals surface area contributed by atoms with Gasteiger partial charge in [0.15, 0.2) is 5.89 Å². The Morgan fingerprint density at radius 1 is 1.17 bits per heavy atom. The molecule has 0 saturated heterocycles. The molecule has 0 fully saturated rings. The van der Waals surface area contributed by atoms with E-state index in [9.17, 15) is 0 Å². The Morgan fingerprint density at radius 3 is 2.08 bits per heavy atom. The second-order valence-corrected chi connectivity index (χ2v) is 4.71. The lowest BCUT2D eigenvalue weighted by molar-refractivity contribution is 0.182. The van der Waals surface area contributed by atoms with Crippen LogP contribution >= 0.6 is 0 Å². The third-order valence-corrected chi connectivity index (χ3v) is 2.84. The van der Waals surface area contributed by atoms with E-state index in [1.165, 1.54) is 0 Å². The minimum atomic E-state index is -0.0174. The van der Waals surface area contributed by atoms with Crippen LogP contribution in [0.3, 0.4) is 0 Å². The Balaban J connectivity index is 3.02. The topological polar surface area (TPSA) is 26.0 Å². The monoisotopic (exact) mass is 167 g/mol. The molecule has 12 heavy (non-hydrogen) atoms. The Hall–Kier alpha value is -0.790. The van der Waals surface area contributed by atoms with E-state index in [1.54, 1.807) is 12.5 Å². The van der Waals surface area contributed by atoms with Gasteiger partial charge in [-0.1, -0.05) is 34.6 Å². The zero-order valence-electron chi connectivity index (χ0n) is 8.51. The molecule has 0 bridgehead atoms. The summed E-state index contributed by atoms with van der Waals surface area (Å²) in [6, 6.07) is 0. The first kappa shape index (κ1) is 9.30. The smallest absolute Gasteiger partial charge is 0.200 e. The van der Waals surface area contributed by atoms with Crippen LogP contribution in [-0.2, 0) is 5.41 Å². The number of nitrogens with zero attached hydrogens (tertiary/aromatic N) is 1. The first-order valence-corrected chi connectivity index (χ1v) is 4.25. The Bertz CT molecular complexity index is 241. The van der Waals surface area contributed by atoms with Gasteiger partial charge in [-0.3, -0.25) is 0 Å². The van der Waals surface area contributed by atoms with Crippen molar-refractivity contribution >= 4 is 0 Å². The summed E-state index contributed by atoms with van der Waals surface area (Å²) in [6.07, 6.45) is 3.33. The van der Waals surface area contributed by atoms with Crippen LogP contribution in [0.5, 0.6) is 0 Å². The minimum absolute atomic E-state index is 0.0174. The highest BCUT2D eigenvalue weighted by molar-refractivity contribution is 5.05. The average Bonchev–Trinajstić information content (AvgIpc) is 2.34. The molecule has 2 heteroatoms. The molecule has 1 heterocycles. The molecule has 0 N–H and O–H groups in total. The van der Waals surface area contributed by atoms with Crippen LogP contribution in [0, 0.1) is 5.41 Å². The number of rotatable bonds is 1. The van der Waals surface area contributed by atoms with Gasteiger partial charge < -0.3 is 4.42 Å². The van der Waals surface area contributed by atoms with Crippen LogP contribution in [0.2, 0.25) is 0 Å². The molecule has 0 saturated carbocycles. The fraction of sp³-hybridized carbons (Fsp3) is 0.700. The third kappa shape index (κ3) is 1.38. The van der Waals surface area contributed by atoms with Gasteiger partial charge in [-0.25, -0.2) is 4.98 Å². The Morgan fingerprint density at radius 2 is 1.75 bits per heavy atom. The summed E-state index contributed by atoms with van der Waals surface area (Å²) in [5, 5.41) is 0. The molecular formula is C10H17NO. The molecule has 0 atom stereocenters. The second kappa shape index (κ2) is 2.61. The van der Waals surface area contributed by atoms with Gasteiger partial charge in [-0.15, -0.1) is 0 Å². The molecule has 1 rings (SSSR count). The summed E-state index contributed by atoms with van der Waals surface area (Å²) in [4.78, 5) is 4.19. The summed E-state index contributed by atoms with van der Waals surface area (Å²) in [5.74, 6) is 0.815. The van der Waals surface area contributed by atoms with E-state index in [1.807, 2.05) is 0 Å². The second-order valence-electron chi connectivity index (χ2n) is 4.71. The average molecular weight is 167 g/mol. The molecular weight excluding hydrogens is 150 g/mol. The van der Waals surface area contributed by atoms with Crippen molar-refractivity contribution in [3.05, 3.63) is 18.4 Å². The molecule has 0 spiro atoms. The van der Waals surface area contributed by atoms with Gasteiger partial charge in [0.05, 0.1) is 6.20 Å². The Kier molecular flexibility index (Phi) is 2.02. The van der Waals surface area contributed by atoms with Crippen molar-refractivity contribution in [1.29, 1.82) is 0 Å². The predicted molar refractivity (Wildman–Crippen MR) is 49.0 cm³/mol. The van der Waals surface area contributed by atoms with Gasteiger partial charge in [-0.05, 0) is 5.41 Å². The lowest BCUT2D eigenvalue weighted by Crippen LogP contribution is -2.34. The molecule has 1 aromatic rings. The van der Waals surface area contributed by atoms with Crippen molar-refractivity contribution in [3.8, 4) is 0 Å². The molecule has 1 aromatic heterocycles. The van der Waals surface area contributed by atoms with Gasteiger partial charge in [0, 0.05) is 5.41 Å². The highest BCUT2D eigenvalue weighted by Crippen LogP contribution is 2.39. The molecule has 0 radical (unpaired) electrons. The number of oxazole rings is 1. The van der Waals surface area contributed by atoms with Crippen molar-refractivity contribution in [3.63, 3.8) is 0 Å². The SMILES string of the molecule is CC(C)(C)C(C)(C)c1ncco1. The van der Waals surface area contributed by atoms with Crippen LogP contribution in [-0.4, -0.2) is 4.98 Å². The van der Waals surface area contributed by atoms with Crippen molar-refractivity contribution in [2.24, 2.45) is 5.41 Å².